The van der Waals surface area contributed by atoms with Crippen LogP contribution >= 0.6 is 0 Å². The molecular weight excluding hydrogens is 325 g/mol. The molecule has 0 radical (unpaired) electrons. The van der Waals surface area contributed by atoms with Gasteiger partial charge in [-0.3, -0.25) is 9.79 Å². The summed E-state index contributed by atoms with van der Waals surface area (Å²) >= 11 is 0. The van der Waals surface area contributed by atoms with Gasteiger partial charge in [-0.05, 0) is 26.7 Å². The topological polar surface area (TPSA) is 38.7 Å². The number of Topliss-reactive ketones (excluding diaryl/α,β-unsaturated/α-hetero) is 1. The Morgan fingerprint density at radius 2 is 1.79 bits per heavy atom. The van der Waals surface area contributed by atoms with Crippen molar-refractivity contribution in [3.63, 3.8) is 0 Å². The summed E-state index contributed by atoms with van der Waals surface area (Å²) < 4.78 is 44.5. The van der Waals surface area contributed by atoms with Gasteiger partial charge in [0.1, 0.15) is 5.76 Å². The molecule has 1 aromatic carbocycles. The predicted molar refractivity (Wildman–Crippen MR) is 86.8 cm³/mol. The van der Waals surface area contributed by atoms with Gasteiger partial charge in [0.05, 0.1) is 12.2 Å². The summed E-state index contributed by atoms with van der Waals surface area (Å²) in [5, 5.41) is 0. The molecule has 2 rings (SSSR count). The first kappa shape index (κ1) is 19.9. The summed E-state index contributed by atoms with van der Waals surface area (Å²) in [4.78, 5) is 17.1. The molecule has 24 heavy (non-hydrogen) atoms. The molecule has 132 valence electrons. The van der Waals surface area contributed by atoms with Crippen molar-refractivity contribution in [1.29, 1.82) is 0 Å². The van der Waals surface area contributed by atoms with Gasteiger partial charge in [0.15, 0.2) is 5.78 Å². The van der Waals surface area contributed by atoms with E-state index in [1.54, 1.807) is 0 Å². The van der Waals surface area contributed by atoms with E-state index >= 15 is 0 Å². The lowest BCUT2D eigenvalue weighted by Crippen LogP contribution is -2.15. The molecule has 0 spiro atoms. The molecular formula is C16H19BF4NO2-. The van der Waals surface area contributed by atoms with Crippen LogP contribution in [-0.4, -0.2) is 31.9 Å². The highest BCUT2D eigenvalue weighted by Gasteiger charge is 2.23. The van der Waals surface area contributed by atoms with Crippen LogP contribution in [0.3, 0.4) is 0 Å². The van der Waals surface area contributed by atoms with E-state index in [0.717, 1.165) is 25.1 Å². The van der Waals surface area contributed by atoms with Crippen molar-refractivity contribution >= 4 is 18.7 Å². The monoisotopic (exact) mass is 344 g/mol. The third-order valence-electron chi connectivity index (χ3n) is 3.14. The van der Waals surface area contributed by atoms with Crippen LogP contribution < -0.4 is 0 Å². The Hall–Kier alpha value is -2.12. The molecule has 0 unspecified atom stereocenters. The first-order valence-electron chi connectivity index (χ1n) is 7.58. The molecule has 8 heteroatoms. The molecule has 1 aliphatic rings. The minimum absolute atomic E-state index is 0.00667. The fraction of sp³-hybridized carbons (Fsp3) is 0.375. The summed E-state index contributed by atoms with van der Waals surface area (Å²) in [5.74, 6) is 0.684. The number of allylic oxidation sites excluding steroid dienone is 2. The van der Waals surface area contributed by atoms with Gasteiger partial charge in [-0.2, -0.15) is 0 Å². The average Bonchev–Trinajstić information content (AvgIpc) is 3.01. The number of aliphatic imine (C=N–C) groups is 1. The van der Waals surface area contributed by atoms with Crippen molar-refractivity contribution in [3.8, 4) is 0 Å². The number of rotatable bonds is 5. The van der Waals surface area contributed by atoms with Crippen molar-refractivity contribution in [2.45, 2.75) is 26.7 Å². The van der Waals surface area contributed by atoms with Crippen LogP contribution in [0.4, 0.5) is 17.3 Å². The van der Waals surface area contributed by atoms with Gasteiger partial charge in [-0.15, -0.1) is 0 Å². The Kier molecular flexibility index (Phi) is 7.68. The van der Waals surface area contributed by atoms with Crippen molar-refractivity contribution in [3.05, 3.63) is 47.2 Å². The molecule has 0 fully saturated rings. The Labute approximate surface area is 138 Å². The van der Waals surface area contributed by atoms with Crippen LogP contribution in [0.25, 0.3) is 0 Å². The molecule has 0 N–H and O–H groups in total. The zero-order chi connectivity index (χ0) is 18.2. The molecule has 0 aromatic heterocycles. The normalized spacial score (nSPS) is 15.0. The maximum Gasteiger partial charge on any atom is 0.673 e. The maximum absolute atomic E-state index is 12.6. The predicted octanol–water partition coefficient (Wildman–Crippen LogP) is 4.71. The minimum atomic E-state index is -6.00. The van der Waals surface area contributed by atoms with Crippen LogP contribution in [0.1, 0.15) is 37.0 Å². The molecule has 0 saturated carbocycles. The van der Waals surface area contributed by atoms with Crippen LogP contribution in [0, 0.1) is 0 Å². The fourth-order valence-electron chi connectivity index (χ4n) is 2.26. The second-order valence-corrected chi connectivity index (χ2v) is 4.99. The Balaban J connectivity index is 0.000000505. The first-order valence-corrected chi connectivity index (χ1v) is 7.58. The summed E-state index contributed by atoms with van der Waals surface area (Å²) in [7, 11) is -6.00. The lowest BCUT2D eigenvalue weighted by molar-refractivity contribution is 0.103. The van der Waals surface area contributed by atoms with Gasteiger partial charge in [-0.1, -0.05) is 30.3 Å². The highest BCUT2D eigenvalue weighted by molar-refractivity contribution is 6.50. The van der Waals surface area contributed by atoms with E-state index in [4.69, 9.17) is 4.74 Å². The number of ketones is 1. The second-order valence-electron chi connectivity index (χ2n) is 4.99. The largest absolute Gasteiger partial charge is 0.673 e. The molecule has 1 aromatic rings. The summed E-state index contributed by atoms with van der Waals surface area (Å²) in [5.41, 5.74) is 2.22. The Morgan fingerprint density at radius 1 is 1.21 bits per heavy atom. The quantitative estimate of drug-likeness (QED) is 0.255. The van der Waals surface area contributed by atoms with E-state index in [1.165, 1.54) is 0 Å². The summed E-state index contributed by atoms with van der Waals surface area (Å²) in [6.07, 6.45) is 1.87. The zero-order valence-corrected chi connectivity index (χ0v) is 13.6. The van der Waals surface area contributed by atoms with E-state index < -0.39 is 7.25 Å². The van der Waals surface area contributed by atoms with E-state index in [9.17, 15) is 22.1 Å². The molecule has 0 atom stereocenters. The number of hydrogen-bond donors (Lipinski definition) is 0. The molecule has 1 aliphatic heterocycles. The van der Waals surface area contributed by atoms with E-state index in [2.05, 4.69) is 4.99 Å². The van der Waals surface area contributed by atoms with Crippen LogP contribution in [-0.2, 0) is 4.74 Å². The molecule has 0 bridgehead atoms. The number of ether oxygens (including phenoxy) is 1. The molecule has 0 aliphatic carbocycles. The van der Waals surface area contributed by atoms with Gasteiger partial charge >= 0.3 is 7.25 Å². The standard InChI is InChI=1S/C16H19NO2.BF4/c1-3-19-12(2)15(14-10-7-11-17-14)16(18)13-8-5-4-6-9-13;2-1(3,4)5/h4-6,8-9H,3,7,10-11H2,1-2H3;/q;-1. The van der Waals surface area contributed by atoms with Gasteiger partial charge in [0.2, 0.25) is 0 Å². The number of nitrogens with zero attached hydrogens (tertiary/aromatic N) is 1. The van der Waals surface area contributed by atoms with Gasteiger partial charge < -0.3 is 22.0 Å². The number of hydrogen-bond acceptors (Lipinski definition) is 3. The van der Waals surface area contributed by atoms with Crippen molar-refractivity contribution in [2.24, 2.45) is 4.99 Å². The fourth-order valence-corrected chi connectivity index (χ4v) is 2.26. The first-order chi connectivity index (χ1) is 11.2. The van der Waals surface area contributed by atoms with E-state index in [-0.39, 0.29) is 5.78 Å². The number of halogens is 4. The Morgan fingerprint density at radius 3 is 2.25 bits per heavy atom. The summed E-state index contributed by atoms with van der Waals surface area (Å²) in [6, 6.07) is 9.31. The zero-order valence-electron chi connectivity index (χ0n) is 13.6. The SMILES string of the molecule is CCOC(C)=C(C(=O)c1ccccc1)C1=NCCC1.F[B-](F)(F)F. The van der Waals surface area contributed by atoms with E-state index in [0.29, 0.717) is 23.5 Å². The van der Waals surface area contributed by atoms with Crippen molar-refractivity contribution in [2.75, 3.05) is 13.2 Å². The number of carbonyl (C=O) groups is 1. The smallest absolute Gasteiger partial charge is 0.498 e. The van der Waals surface area contributed by atoms with Gasteiger partial charge in [-0.25, -0.2) is 0 Å². The van der Waals surface area contributed by atoms with Gasteiger partial charge in [0.25, 0.3) is 0 Å². The molecule has 0 saturated heterocycles. The lowest BCUT2D eigenvalue weighted by atomic mass is 9.97. The minimum Gasteiger partial charge on any atom is -0.498 e. The second kappa shape index (κ2) is 9.25. The molecule has 0 amide bonds. The maximum atomic E-state index is 12.6. The van der Waals surface area contributed by atoms with Crippen LogP contribution in [0.2, 0.25) is 0 Å². The third-order valence-corrected chi connectivity index (χ3v) is 3.14. The molecule has 1 heterocycles. The highest BCUT2D eigenvalue weighted by atomic mass is 19.5. The highest BCUT2D eigenvalue weighted by Crippen LogP contribution is 2.21. The van der Waals surface area contributed by atoms with Crippen LogP contribution in [0.5, 0.6) is 0 Å². The van der Waals surface area contributed by atoms with Crippen molar-refractivity contribution < 1.29 is 26.8 Å². The number of benzene rings is 1. The van der Waals surface area contributed by atoms with Crippen molar-refractivity contribution in [1.82, 2.24) is 0 Å². The third kappa shape index (κ3) is 6.98. The van der Waals surface area contributed by atoms with Crippen LogP contribution in [0.15, 0.2) is 46.7 Å². The Bertz CT molecular complexity index is 606. The average molecular weight is 344 g/mol. The molecule has 3 nitrogen and oxygen atoms in total. The summed E-state index contributed by atoms with van der Waals surface area (Å²) in [6.45, 7) is 5.13. The van der Waals surface area contributed by atoms with Gasteiger partial charge in [0, 0.05) is 17.8 Å². The lowest BCUT2D eigenvalue weighted by Gasteiger charge is -2.12. The van der Waals surface area contributed by atoms with E-state index in [1.807, 2.05) is 44.2 Å². The number of carbonyl (C=O) groups excluding carboxylic acids is 1.